The molecule has 0 bridgehead atoms. The predicted molar refractivity (Wildman–Crippen MR) is 95.1 cm³/mol. The summed E-state index contributed by atoms with van der Waals surface area (Å²) in [6.07, 6.45) is 3.11. The first-order valence-corrected chi connectivity index (χ1v) is 8.65. The van der Waals surface area contributed by atoms with Gasteiger partial charge in [-0.3, -0.25) is 0 Å². The van der Waals surface area contributed by atoms with Gasteiger partial charge in [0.15, 0.2) is 0 Å². The molecule has 0 fully saturated rings. The Hall–Kier alpha value is -1.59. The van der Waals surface area contributed by atoms with Gasteiger partial charge in [-0.15, -0.1) is 0 Å². The summed E-state index contributed by atoms with van der Waals surface area (Å²) in [4.78, 5) is 6.33. The van der Waals surface area contributed by atoms with E-state index in [0.717, 1.165) is 39.9 Å². The van der Waals surface area contributed by atoms with Crippen LogP contribution < -0.4 is 9.64 Å². The van der Waals surface area contributed by atoms with Gasteiger partial charge in [-0.1, -0.05) is 0 Å². The third-order valence-electron chi connectivity index (χ3n) is 4.25. The Bertz CT molecular complexity index is 718. The van der Waals surface area contributed by atoms with Crippen molar-refractivity contribution in [2.75, 3.05) is 4.90 Å². The van der Waals surface area contributed by atoms with E-state index in [1.54, 1.807) is 13.1 Å². The monoisotopic (exact) mass is 376 g/mol. The Morgan fingerprint density at radius 2 is 2.17 bits per heavy atom. The lowest BCUT2D eigenvalue weighted by molar-refractivity contribution is 0.174. The maximum atomic E-state index is 10.1. The second kappa shape index (κ2) is 6.49. The number of ether oxygens (including phenoxy) is 1. The van der Waals surface area contributed by atoms with Gasteiger partial charge in [-0.05, 0) is 73.3 Å². The van der Waals surface area contributed by atoms with Crippen molar-refractivity contribution < 1.29 is 9.84 Å². The van der Waals surface area contributed by atoms with Crippen LogP contribution >= 0.6 is 15.9 Å². The Balaban J connectivity index is 2.04. The van der Waals surface area contributed by atoms with E-state index < -0.39 is 6.23 Å². The normalized spacial score (nSPS) is 18.5. The fraction of sp³-hybridized carbons (Fsp3) is 0.389. The number of hydrogen-bond donors (Lipinski definition) is 1. The molecule has 0 amide bonds. The largest absolute Gasteiger partial charge is 0.437 e. The molecular weight excluding hydrogens is 356 g/mol. The molecule has 0 aliphatic carbocycles. The molecule has 1 aliphatic heterocycles. The number of rotatable bonds is 3. The Kier molecular flexibility index (Phi) is 4.60. The van der Waals surface area contributed by atoms with Crippen molar-refractivity contribution >= 4 is 21.6 Å². The minimum absolute atomic E-state index is 0.300. The van der Waals surface area contributed by atoms with Gasteiger partial charge < -0.3 is 14.7 Å². The highest BCUT2D eigenvalue weighted by atomic mass is 79.9. The van der Waals surface area contributed by atoms with Crippen molar-refractivity contribution in [2.45, 2.75) is 45.9 Å². The Labute approximate surface area is 145 Å². The summed E-state index contributed by atoms with van der Waals surface area (Å²) in [6, 6.07) is 8.17. The van der Waals surface area contributed by atoms with E-state index in [1.807, 2.05) is 36.1 Å². The first-order chi connectivity index (χ1) is 11.0. The van der Waals surface area contributed by atoms with Crippen LogP contribution in [0.5, 0.6) is 11.6 Å². The number of benzene rings is 1. The summed E-state index contributed by atoms with van der Waals surface area (Å²) in [6.45, 7) is 5.96. The van der Waals surface area contributed by atoms with Crippen molar-refractivity contribution in [1.82, 2.24) is 4.98 Å². The molecule has 1 N–H and O–H groups in total. The fourth-order valence-electron chi connectivity index (χ4n) is 3.15. The standard InChI is InChI=1S/C18H21BrN2O2/c1-11-8-9-20-17(10-11)23-18-14-5-4-12(2)21(13(3)22)16(14)7-6-15(18)19/h6-10,12-13,22H,4-5H2,1-3H3/t12-,13?/m0/s1. The van der Waals surface area contributed by atoms with Gasteiger partial charge in [0.05, 0.1) is 4.47 Å². The maximum Gasteiger partial charge on any atom is 0.219 e. The van der Waals surface area contributed by atoms with E-state index in [2.05, 4.69) is 27.8 Å². The van der Waals surface area contributed by atoms with E-state index in [-0.39, 0.29) is 0 Å². The van der Waals surface area contributed by atoms with E-state index in [0.29, 0.717) is 11.9 Å². The molecule has 1 aromatic heterocycles. The molecule has 2 atom stereocenters. The lowest BCUT2D eigenvalue weighted by Crippen LogP contribution is -2.43. The van der Waals surface area contributed by atoms with Crippen molar-refractivity contribution in [3.05, 3.63) is 46.1 Å². The fourth-order valence-corrected chi connectivity index (χ4v) is 3.60. The summed E-state index contributed by atoms with van der Waals surface area (Å²) >= 11 is 3.59. The summed E-state index contributed by atoms with van der Waals surface area (Å²) < 4.78 is 6.99. The summed E-state index contributed by atoms with van der Waals surface area (Å²) in [5.74, 6) is 1.37. The highest BCUT2D eigenvalue weighted by Crippen LogP contribution is 2.43. The molecule has 1 unspecified atom stereocenters. The molecular formula is C18H21BrN2O2. The van der Waals surface area contributed by atoms with Gasteiger partial charge in [0.25, 0.3) is 0 Å². The molecule has 23 heavy (non-hydrogen) atoms. The minimum atomic E-state index is -0.532. The smallest absolute Gasteiger partial charge is 0.219 e. The second-order valence-electron chi connectivity index (χ2n) is 6.07. The lowest BCUT2D eigenvalue weighted by atomic mass is 9.95. The minimum Gasteiger partial charge on any atom is -0.437 e. The van der Waals surface area contributed by atoms with Crippen molar-refractivity contribution in [3.63, 3.8) is 0 Å². The van der Waals surface area contributed by atoms with E-state index in [1.165, 1.54) is 0 Å². The third kappa shape index (κ3) is 3.21. The number of aromatic nitrogens is 1. The van der Waals surface area contributed by atoms with Crippen LogP contribution in [-0.4, -0.2) is 22.4 Å². The van der Waals surface area contributed by atoms with Crippen LogP contribution in [0.3, 0.4) is 0 Å². The van der Waals surface area contributed by atoms with Crippen molar-refractivity contribution in [2.24, 2.45) is 0 Å². The Morgan fingerprint density at radius 3 is 2.87 bits per heavy atom. The zero-order chi connectivity index (χ0) is 16.6. The van der Waals surface area contributed by atoms with E-state index in [9.17, 15) is 5.11 Å². The van der Waals surface area contributed by atoms with Crippen LogP contribution in [-0.2, 0) is 6.42 Å². The number of fused-ring (bicyclic) bond motifs is 1. The quantitative estimate of drug-likeness (QED) is 0.860. The summed E-state index contributed by atoms with van der Waals surface area (Å²) in [5, 5.41) is 10.1. The number of aliphatic hydroxyl groups excluding tert-OH is 1. The van der Waals surface area contributed by atoms with E-state index >= 15 is 0 Å². The molecule has 1 aliphatic rings. The van der Waals surface area contributed by atoms with Crippen molar-refractivity contribution in [1.29, 1.82) is 0 Å². The molecule has 122 valence electrons. The third-order valence-corrected chi connectivity index (χ3v) is 4.88. The molecule has 3 rings (SSSR count). The first kappa shape index (κ1) is 16.3. The second-order valence-corrected chi connectivity index (χ2v) is 6.93. The number of aliphatic hydroxyl groups is 1. The molecule has 0 saturated heterocycles. The Morgan fingerprint density at radius 1 is 1.39 bits per heavy atom. The SMILES string of the molecule is Cc1ccnc(Oc2c(Br)ccc3c2CC[C@H](C)N3C(C)O)c1. The maximum absolute atomic E-state index is 10.1. The average molecular weight is 377 g/mol. The zero-order valence-electron chi connectivity index (χ0n) is 13.6. The number of nitrogens with zero attached hydrogens (tertiary/aromatic N) is 2. The van der Waals surface area contributed by atoms with Gasteiger partial charge in [-0.2, -0.15) is 0 Å². The molecule has 0 saturated carbocycles. The van der Waals surface area contributed by atoms with Gasteiger partial charge in [0, 0.05) is 29.6 Å². The summed E-state index contributed by atoms with van der Waals surface area (Å²) in [5.41, 5.74) is 3.25. The number of pyridine rings is 1. The van der Waals surface area contributed by atoms with Crippen LogP contribution in [0.2, 0.25) is 0 Å². The average Bonchev–Trinajstić information content (AvgIpc) is 2.49. The van der Waals surface area contributed by atoms with Crippen molar-refractivity contribution in [3.8, 4) is 11.6 Å². The highest BCUT2D eigenvalue weighted by molar-refractivity contribution is 9.10. The van der Waals surface area contributed by atoms with Gasteiger partial charge in [0.1, 0.15) is 12.0 Å². The highest BCUT2D eigenvalue weighted by Gasteiger charge is 2.29. The van der Waals surface area contributed by atoms with Crippen LogP contribution in [0.25, 0.3) is 0 Å². The molecule has 0 spiro atoms. The van der Waals surface area contributed by atoms with Crippen LogP contribution in [0.1, 0.15) is 31.4 Å². The van der Waals surface area contributed by atoms with Gasteiger partial charge in [0.2, 0.25) is 5.88 Å². The topological polar surface area (TPSA) is 45.6 Å². The van der Waals surface area contributed by atoms with Crippen LogP contribution in [0, 0.1) is 6.92 Å². The predicted octanol–water partition coefficient (Wildman–Crippen LogP) is 4.42. The van der Waals surface area contributed by atoms with E-state index in [4.69, 9.17) is 4.74 Å². The molecule has 0 radical (unpaired) electrons. The number of anilines is 1. The first-order valence-electron chi connectivity index (χ1n) is 7.85. The summed E-state index contributed by atoms with van der Waals surface area (Å²) in [7, 11) is 0. The van der Waals surface area contributed by atoms with Gasteiger partial charge >= 0.3 is 0 Å². The zero-order valence-corrected chi connectivity index (χ0v) is 15.2. The van der Waals surface area contributed by atoms with Crippen LogP contribution in [0.4, 0.5) is 5.69 Å². The number of aryl methyl sites for hydroxylation is 1. The van der Waals surface area contributed by atoms with Gasteiger partial charge in [-0.25, -0.2) is 4.98 Å². The molecule has 1 aromatic carbocycles. The number of halogens is 1. The lowest BCUT2D eigenvalue weighted by Gasteiger charge is -2.39. The number of hydrogen-bond acceptors (Lipinski definition) is 4. The molecule has 2 heterocycles. The van der Waals surface area contributed by atoms with Crippen LogP contribution in [0.15, 0.2) is 34.9 Å². The molecule has 5 heteroatoms. The molecule has 4 nitrogen and oxygen atoms in total. The molecule has 2 aromatic rings.